The predicted molar refractivity (Wildman–Crippen MR) is 101 cm³/mol. The molecule has 0 bridgehead atoms. The summed E-state index contributed by atoms with van der Waals surface area (Å²) in [6, 6.07) is 3.29. The lowest BCUT2D eigenvalue weighted by Gasteiger charge is -2.34. The highest BCUT2D eigenvalue weighted by Gasteiger charge is 2.39. The average Bonchev–Trinajstić information content (AvgIpc) is 2.72. The normalized spacial score (nSPS) is 30.2. The third-order valence-corrected chi connectivity index (χ3v) is 5.94. The maximum absolute atomic E-state index is 14.4. The van der Waals surface area contributed by atoms with Crippen molar-refractivity contribution >= 4 is 5.97 Å². The largest absolute Gasteiger partial charge is 0.410 e. The van der Waals surface area contributed by atoms with E-state index in [1.54, 1.807) is 19.1 Å². The molecule has 3 rings (SSSR count). The van der Waals surface area contributed by atoms with Crippen molar-refractivity contribution in [1.82, 2.24) is 0 Å². The lowest BCUT2D eigenvalue weighted by atomic mass is 9.78. The van der Waals surface area contributed by atoms with E-state index < -0.39 is 29.7 Å². The van der Waals surface area contributed by atoms with Crippen LogP contribution in [-0.2, 0) is 25.4 Å². The molecular formula is C22H29F3O4. The lowest BCUT2D eigenvalue weighted by molar-refractivity contribution is -0.327. The highest BCUT2D eigenvalue weighted by atomic mass is 19.2. The van der Waals surface area contributed by atoms with Gasteiger partial charge in [-0.3, -0.25) is 4.79 Å². The Labute approximate surface area is 169 Å². The number of alkyl halides is 1. The number of rotatable bonds is 6. The molecule has 7 heteroatoms. The van der Waals surface area contributed by atoms with Crippen LogP contribution < -0.4 is 0 Å². The molecule has 1 saturated heterocycles. The molecule has 4 nitrogen and oxygen atoms in total. The average molecular weight is 414 g/mol. The molecule has 0 unspecified atom stereocenters. The molecule has 1 aliphatic carbocycles. The molecule has 2 fully saturated rings. The van der Waals surface area contributed by atoms with Crippen molar-refractivity contribution in [2.45, 2.75) is 76.9 Å². The summed E-state index contributed by atoms with van der Waals surface area (Å²) in [5.74, 6) is -2.48. The van der Waals surface area contributed by atoms with Crippen molar-refractivity contribution in [2.75, 3.05) is 13.2 Å². The number of carbonyl (C=O) groups excluding carboxylic acids is 1. The second-order valence-corrected chi connectivity index (χ2v) is 8.09. The number of hydrogen-bond donors (Lipinski definition) is 0. The quantitative estimate of drug-likeness (QED) is 0.602. The molecule has 0 atom stereocenters. The van der Waals surface area contributed by atoms with E-state index in [0.29, 0.717) is 56.1 Å². The first-order valence-electron chi connectivity index (χ1n) is 10.5. The zero-order valence-electron chi connectivity index (χ0n) is 17.0. The number of hydrogen-bond acceptors (Lipinski definition) is 4. The van der Waals surface area contributed by atoms with Crippen molar-refractivity contribution in [1.29, 1.82) is 0 Å². The summed E-state index contributed by atoms with van der Waals surface area (Å²) in [4.78, 5) is 12.4. The van der Waals surface area contributed by atoms with Crippen LogP contribution >= 0.6 is 0 Å². The molecule has 1 aliphatic heterocycles. The van der Waals surface area contributed by atoms with Gasteiger partial charge in [0.05, 0.1) is 19.1 Å². The van der Waals surface area contributed by atoms with E-state index >= 15 is 0 Å². The molecule has 1 aromatic carbocycles. The number of esters is 1. The van der Waals surface area contributed by atoms with Gasteiger partial charge in [0.2, 0.25) is 0 Å². The van der Waals surface area contributed by atoms with Crippen LogP contribution in [0.3, 0.4) is 0 Å². The number of benzene rings is 1. The topological polar surface area (TPSA) is 44.8 Å². The summed E-state index contributed by atoms with van der Waals surface area (Å²) in [7, 11) is 0. The van der Waals surface area contributed by atoms with Gasteiger partial charge in [-0.25, -0.2) is 13.2 Å². The van der Waals surface area contributed by atoms with E-state index in [1.807, 2.05) is 6.92 Å². The summed E-state index contributed by atoms with van der Waals surface area (Å²) >= 11 is 0. The maximum Gasteiger partial charge on any atom is 0.318 e. The Morgan fingerprint density at radius 2 is 1.76 bits per heavy atom. The Bertz CT molecular complexity index is 708. The van der Waals surface area contributed by atoms with Crippen LogP contribution in [0.5, 0.6) is 0 Å². The van der Waals surface area contributed by atoms with Crippen molar-refractivity contribution in [3.63, 3.8) is 0 Å². The first-order chi connectivity index (χ1) is 13.9. The Hall–Kier alpha value is -1.60. The van der Waals surface area contributed by atoms with Crippen molar-refractivity contribution in [2.24, 2.45) is 5.92 Å². The van der Waals surface area contributed by atoms with Crippen LogP contribution in [0.1, 0.15) is 69.4 Å². The maximum atomic E-state index is 14.4. The first kappa shape index (κ1) is 22.1. The summed E-state index contributed by atoms with van der Waals surface area (Å²) in [6.07, 6.45) is 3.59. The van der Waals surface area contributed by atoms with Gasteiger partial charge in [0.1, 0.15) is 0 Å². The van der Waals surface area contributed by atoms with Gasteiger partial charge in [0.15, 0.2) is 17.3 Å². The van der Waals surface area contributed by atoms with Gasteiger partial charge in [-0.1, -0.05) is 32.4 Å². The zero-order valence-corrected chi connectivity index (χ0v) is 17.0. The molecule has 2 aliphatic rings. The van der Waals surface area contributed by atoms with Gasteiger partial charge < -0.3 is 14.2 Å². The van der Waals surface area contributed by atoms with Gasteiger partial charge in [-0.2, -0.15) is 0 Å². The predicted octanol–water partition coefficient (Wildman–Crippen LogP) is 5.18. The second-order valence-electron chi connectivity index (χ2n) is 8.09. The molecule has 1 heterocycles. The van der Waals surface area contributed by atoms with Crippen molar-refractivity contribution < 1.29 is 32.2 Å². The number of halogens is 3. The number of ether oxygens (including phenoxy) is 3. The minimum atomic E-state index is -1.54. The van der Waals surface area contributed by atoms with Gasteiger partial charge in [0.25, 0.3) is 0 Å². The minimum Gasteiger partial charge on any atom is -0.410 e. The third-order valence-electron chi connectivity index (χ3n) is 5.94. The summed E-state index contributed by atoms with van der Waals surface area (Å²) in [5, 5.41) is 0. The van der Waals surface area contributed by atoms with Crippen molar-refractivity contribution in [3.05, 3.63) is 34.9 Å². The monoisotopic (exact) mass is 414 g/mol. The number of carbonyl (C=O) groups is 1. The Morgan fingerprint density at radius 1 is 1.10 bits per heavy atom. The molecule has 0 radical (unpaired) electrons. The molecule has 0 amide bonds. The van der Waals surface area contributed by atoms with E-state index in [9.17, 15) is 18.0 Å². The number of aryl methyl sites for hydroxylation is 1. The van der Waals surface area contributed by atoms with Gasteiger partial charge in [0, 0.05) is 0 Å². The molecule has 1 aromatic rings. The standard InChI is InChI=1S/C22H29F3O4/c1-3-11-22(25)12-27-21(28-13-22)29-20(26)16-7-5-15(6-8-16)17-10-9-14(4-2)18(23)19(17)24/h9-10,15-16,21H,3-8,11-13H2,1-2H3. The molecule has 0 aromatic heterocycles. The second kappa shape index (κ2) is 9.47. The van der Waals surface area contributed by atoms with E-state index in [2.05, 4.69) is 0 Å². The molecule has 162 valence electrons. The van der Waals surface area contributed by atoms with Crippen molar-refractivity contribution in [3.8, 4) is 0 Å². The molecule has 29 heavy (non-hydrogen) atoms. The van der Waals surface area contributed by atoms with Gasteiger partial charge >= 0.3 is 12.4 Å². The van der Waals surface area contributed by atoms with Gasteiger partial charge in [-0.15, -0.1) is 0 Å². The molecule has 0 N–H and O–H groups in total. The highest BCUT2D eigenvalue weighted by molar-refractivity contribution is 5.72. The molecular weight excluding hydrogens is 385 g/mol. The van der Waals surface area contributed by atoms with E-state index in [4.69, 9.17) is 14.2 Å². The fourth-order valence-corrected chi connectivity index (χ4v) is 4.21. The van der Waals surface area contributed by atoms with Crippen LogP contribution in [-0.4, -0.2) is 31.3 Å². The highest BCUT2D eigenvalue weighted by Crippen LogP contribution is 2.38. The molecule has 0 spiro atoms. The summed E-state index contributed by atoms with van der Waals surface area (Å²) in [6.45, 7) is 2.15. The Kier molecular flexibility index (Phi) is 7.22. The SMILES string of the molecule is CCCC1(F)COC(OC(=O)C2CCC(c3ccc(CC)c(F)c3F)CC2)OC1. The fourth-order valence-electron chi connectivity index (χ4n) is 4.21. The van der Waals surface area contributed by atoms with Gasteiger partial charge in [-0.05, 0) is 55.6 Å². The van der Waals surface area contributed by atoms with Crippen LogP contribution in [0, 0.1) is 17.6 Å². The summed E-state index contributed by atoms with van der Waals surface area (Å²) < 4.78 is 58.4. The fraction of sp³-hybridized carbons (Fsp3) is 0.682. The zero-order chi connectivity index (χ0) is 21.0. The smallest absolute Gasteiger partial charge is 0.318 e. The van der Waals surface area contributed by atoms with E-state index in [1.165, 1.54) is 0 Å². The Balaban J connectivity index is 1.50. The third kappa shape index (κ3) is 5.12. The van der Waals surface area contributed by atoms with Crippen LogP contribution in [0.4, 0.5) is 13.2 Å². The molecule has 1 saturated carbocycles. The van der Waals surface area contributed by atoms with E-state index in [0.717, 1.165) is 0 Å². The van der Waals surface area contributed by atoms with E-state index in [-0.39, 0.29) is 25.0 Å². The van der Waals surface area contributed by atoms with Crippen LogP contribution in [0.2, 0.25) is 0 Å². The first-order valence-corrected chi connectivity index (χ1v) is 10.5. The minimum absolute atomic E-state index is 0.122. The summed E-state index contributed by atoms with van der Waals surface area (Å²) in [5.41, 5.74) is -0.796. The van der Waals surface area contributed by atoms with Crippen LogP contribution in [0.25, 0.3) is 0 Å². The Morgan fingerprint density at radius 3 is 2.34 bits per heavy atom. The lowest BCUT2D eigenvalue weighted by Crippen LogP contribution is -2.46. The van der Waals surface area contributed by atoms with Crippen LogP contribution in [0.15, 0.2) is 12.1 Å².